The number of aryl methyl sites for hydroxylation is 1. The van der Waals surface area contributed by atoms with Gasteiger partial charge in [-0.05, 0) is 25.3 Å². The van der Waals surface area contributed by atoms with Gasteiger partial charge in [-0.15, -0.1) is 0 Å². The first-order valence-corrected chi connectivity index (χ1v) is 5.94. The van der Waals surface area contributed by atoms with Gasteiger partial charge in [-0.25, -0.2) is 0 Å². The minimum absolute atomic E-state index is 0.746. The zero-order valence-corrected chi connectivity index (χ0v) is 10.2. The van der Waals surface area contributed by atoms with Crippen LogP contribution in [0.25, 0.3) is 0 Å². The topological polar surface area (TPSA) is 29.9 Å². The molecule has 0 radical (unpaired) electrons. The summed E-state index contributed by atoms with van der Waals surface area (Å²) in [5, 5.41) is 7.72. The Bertz CT molecular complexity index is 266. The standard InChI is InChI=1S/C12H23N3/c1-4-6-13-8-12-9-14-15(10-12)7-5-11(2)3/h9-11,13H,4-8H2,1-3H3. The van der Waals surface area contributed by atoms with Gasteiger partial charge in [-0.3, -0.25) is 4.68 Å². The van der Waals surface area contributed by atoms with Crippen molar-refractivity contribution in [2.45, 2.75) is 46.7 Å². The van der Waals surface area contributed by atoms with Crippen LogP contribution >= 0.6 is 0 Å². The van der Waals surface area contributed by atoms with Crippen molar-refractivity contribution in [2.24, 2.45) is 5.92 Å². The third kappa shape index (κ3) is 4.98. The second-order valence-electron chi connectivity index (χ2n) is 4.47. The van der Waals surface area contributed by atoms with Gasteiger partial charge in [0, 0.05) is 24.8 Å². The Kier molecular flexibility index (Phi) is 5.40. The average Bonchev–Trinajstić information content (AvgIpc) is 2.63. The number of nitrogens with zero attached hydrogens (tertiary/aromatic N) is 2. The molecule has 0 aliphatic carbocycles. The molecule has 0 fully saturated rings. The van der Waals surface area contributed by atoms with Crippen molar-refractivity contribution < 1.29 is 0 Å². The molecular formula is C12H23N3. The van der Waals surface area contributed by atoms with Crippen LogP contribution in [0, 0.1) is 5.92 Å². The summed E-state index contributed by atoms with van der Waals surface area (Å²) in [4.78, 5) is 0. The zero-order valence-electron chi connectivity index (χ0n) is 10.2. The molecule has 0 atom stereocenters. The molecule has 0 saturated heterocycles. The number of aromatic nitrogens is 2. The lowest BCUT2D eigenvalue weighted by atomic mass is 10.1. The largest absolute Gasteiger partial charge is 0.313 e. The third-order valence-electron chi connectivity index (χ3n) is 2.38. The van der Waals surface area contributed by atoms with Crippen molar-refractivity contribution in [3.63, 3.8) is 0 Å². The maximum absolute atomic E-state index is 4.34. The SMILES string of the molecule is CCCNCc1cnn(CCC(C)C)c1. The van der Waals surface area contributed by atoms with Gasteiger partial charge < -0.3 is 5.32 Å². The molecule has 0 unspecified atom stereocenters. The predicted octanol–water partition coefficient (Wildman–Crippen LogP) is 2.43. The molecule has 1 rings (SSSR count). The van der Waals surface area contributed by atoms with Crippen LogP contribution in [0.2, 0.25) is 0 Å². The number of hydrogen-bond donors (Lipinski definition) is 1. The summed E-state index contributed by atoms with van der Waals surface area (Å²) in [6, 6.07) is 0. The van der Waals surface area contributed by atoms with Crippen LogP contribution in [0.4, 0.5) is 0 Å². The quantitative estimate of drug-likeness (QED) is 0.699. The summed E-state index contributed by atoms with van der Waals surface area (Å²) in [6.07, 6.45) is 6.49. The van der Waals surface area contributed by atoms with Gasteiger partial charge in [0.15, 0.2) is 0 Å². The second kappa shape index (κ2) is 6.62. The van der Waals surface area contributed by atoms with Gasteiger partial charge in [0.2, 0.25) is 0 Å². The van der Waals surface area contributed by atoms with Gasteiger partial charge in [0.05, 0.1) is 6.20 Å². The molecule has 0 aromatic carbocycles. The van der Waals surface area contributed by atoms with Gasteiger partial charge in [0.1, 0.15) is 0 Å². The van der Waals surface area contributed by atoms with E-state index in [-0.39, 0.29) is 0 Å². The maximum atomic E-state index is 4.34. The summed E-state index contributed by atoms with van der Waals surface area (Å²) >= 11 is 0. The van der Waals surface area contributed by atoms with Gasteiger partial charge in [-0.1, -0.05) is 20.8 Å². The van der Waals surface area contributed by atoms with Crippen LogP contribution < -0.4 is 5.32 Å². The average molecular weight is 209 g/mol. The molecule has 0 spiro atoms. The summed E-state index contributed by atoms with van der Waals surface area (Å²) in [5.41, 5.74) is 1.28. The van der Waals surface area contributed by atoms with E-state index in [4.69, 9.17) is 0 Å². The van der Waals surface area contributed by atoms with E-state index in [0.29, 0.717) is 0 Å². The van der Waals surface area contributed by atoms with E-state index >= 15 is 0 Å². The molecule has 3 nitrogen and oxygen atoms in total. The highest BCUT2D eigenvalue weighted by Crippen LogP contribution is 2.03. The van der Waals surface area contributed by atoms with E-state index in [2.05, 4.69) is 37.4 Å². The van der Waals surface area contributed by atoms with Crippen molar-refractivity contribution >= 4 is 0 Å². The first-order chi connectivity index (χ1) is 7.22. The lowest BCUT2D eigenvalue weighted by Gasteiger charge is -2.04. The zero-order chi connectivity index (χ0) is 11.1. The monoisotopic (exact) mass is 209 g/mol. The van der Waals surface area contributed by atoms with Crippen molar-refractivity contribution in [1.29, 1.82) is 0 Å². The molecule has 86 valence electrons. The molecule has 0 aliphatic heterocycles. The molecule has 0 amide bonds. The third-order valence-corrected chi connectivity index (χ3v) is 2.38. The Morgan fingerprint density at radius 3 is 2.93 bits per heavy atom. The molecule has 0 aliphatic rings. The van der Waals surface area contributed by atoms with Crippen LogP contribution in [0.3, 0.4) is 0 Å². The van der Waals surface area contributed by atoms with Crippen LogP contribution in [0.15, 0.2) is 12.4 Å². The molecule has 0 saturated carbocycles. The van der Waals surface area contributed by atoms with E-state index in [0.717, 1.165) is 25.6 Å². The van der Waals surface area contributed by atoms with Crippen molar-refractivity contribution in [1.82, 2.24) is 15.1 Å². The fraction of sp³-hybridized carbons (Fsp3) is 0.750. The molecule has 15 heavy (non-hydrogen) atoms. The Morgan fingerprint density at radius 1 is 1.47 bits per heavy atom. The summed E-state index contributed by atoms with van der Waals surface area (Å²) in [5.74, 6) is 0.746. The highest BCUT2D eigenvalue weighted by Gasteiger charge is 1.99. The fourth-order valence-corrected chi connectivity index (χ4v) is 1.42. The second-order valence-corrected chi connectivity index (χ2v) is 4.47. The Morgan fingerprint density at radius 2 is 2.27 bits per heavy atom. The van der Waals surface area contributed by atoms with E-state index in [9.17, 15) is 0 Å². The summed E-state index contributed by atoms with van der Waals surface area (Å²) in [6.45, 7) is 9.72. The molecule has 1 N–H and O–H groups in total. The van der Waals surface area contributed by atoms with Crippen molar-refractivity contribution in [3.8, 4) is 0 Å². The first-order valence-electron chi connectivity index (χ1n) is 5.94. The summed E-state index contributed by atoms with van der Waals surface area (Å²) in [7, 11) is 0. The van der Waals surface area contributed by atoms with Crippen LogP contribution in [0.1, 0.15) is 39.2 Å². The first kappa shape index (κ1) is 12.2. The highest BCUT2D eigenvalue weighted by atomic mass is 15.3. The minimum atomic E-state index is 0.746. The fourth-order valence-electron chi connectivity index (χ4n) is 1.42. The normalized spacial score (nSPS) is 11.2. The molecule has 1 aromatic rings. The highest BCUT2D eigenvalue weighted by molar-refractivity contribution is 5.03. The van der Waals surface area contributed by atoms with E-state index < -0.39 is 0 Å². The Labute approximate surface area is 92.9 Å². The van der Waals surface area contributed by atoms with Gasteiger partial charge in [0.25, 0.3) is 0 Å². The maximum Gasteiger partial charge on any atom is 0.0534 e. The summed E-state index contributed by atoms with van der Waals surface area (Å²) < 4.78 is 2.04. The lowest BCUT2D eigenvalue weighted by molar-refractivity contribution is 0.487. The van der Waals surface area contributed by atoms with Crippen LogP contribution in [-0.4, -0.2) is 16.3 Å². The van der Waals surface area contributed by atoms with E-state index in [1.807, 2.05) is 10.9 Å². The molecular weight excluding hydrogens is 186 g/mol. The van der Waals surface area contributed by atoms with Gasteiger partial charge in [-0.2, -0.15) is 5.10 Å². The Balaban J connectivity index is 2.29. The molecule has 3 heteroatoms. The van der Waals surface area contributed by atoms with E-state index in [1.54, 1.807) is 0 Å². The van der Waals surface area contributed by atoms with Gasteiger partial charge >= 0.3 is 0 Å². The number of nitrogens with one attached hydrogen (secondary N) is 1. The number of hydrogen-bond acceptors (Lipinski definition) is 2. The minimum Gasteiger partial charge on any atom is -0.313 e. The van der Waals surface area contributed by atoms with Crippen molar-refractivity contribution in [3.05, 3.63) is 18.0 Å². The molecule has 1 heterocycles. The molecule has 1 aromatic heterocycles. The smallest absolute Gasteiger partial charge is 0.0534 e. The Hall–Kier alpha value is -0.830. The molecule has 0 bridgehead atoms. The lowest BCUT2D eigenvalue weighted by Crippen LogP contribution is -2.13. The predicted molar refractivity (Wildman–Crippen MR) is 63.7 cm³/mol. The van der Waals surface area contributed by atoms with Crippen LogP contribution in [-0.2, 0) is 13.1 Å². The number of rotatable bonds is 7. The van der Waals surface area contributed by atoms with Crippen LogP contribution in [0.5, 0.6) is 0 Å². The van der Waals surface area contributed by atoms with E-state index in [1.165, 1.54) is 18.4 Å². The van der Waals surface area contributed by atoms with Crippen molar-refractivity contribution in [2.75, 3.05) is 6.54 Å².